The molecule has 0 radical (unpaired) electrons. The summed E-state index contributed by atoms with van der Waals surface area (Å²) in [5.74, 6) is 1.51. The molecule has 40 heavy (non-hydrogen) atoms. The Kier molecular flexibility index (Phi) is 9.11. The second kappa shape index (κ2) is 12.7. The molecule has 3 aromatic carbocycles. The largest absolute Gasteiger partial charge is 0.490 e. The predicted molar refractivity (Wildman–Crippen MR) is 160 cm³/mol. The van der Waals surface area contributed by atoms with Crippen LogP contribution in [0.5, 0.6) is 11.5 Å². The standard InChI is InChI=1S/C30H29BrN4O5/c1-5-8-22-13-21(15-27(39-6-2)28(22)40-18-20-9-7-10-24(14-20)35(37)38)17-32-34-29(19(3)4)33-26-12-11-23(31)16-25(26)30(34)36/h5,7,9-17,19H,1,6,8,18H2,2-4H3. The lowest BCUT2D eigenvalue weighted by molar-refractivity contribution is -0.384. The molecule has 0 saturated carbocycles. The molecule has 0 atom stereocenters. The van der Waals surface area contributed by atoms with Gasteiger partial charge in [-0.15, -0.1) is 6.58 Å². The maximum absolute atomic E-state index is 13.4. The lowest BCUT2D eigenvalue weighted by Gasteiger charge is -2.17. The van der Waals surface area contributed by atoms with E-state index in [-0.39, 0.29) is 23.8 Å². The number of nitro benzene ring substituents is 1. The zero-order valence-corrected chi connectivity index (χ0v) is 24.1. The Balaban J connectivity index is 1.74. The zero-order chi connectivity index (χ0) is 28.8. The molecule has 0 bridgehead atoms. The van der Waals surface area contributed by atoms with Crippen molar-refractivity contribution >= 4 is 38.7 Å². The van der Waals surface area contributed by atoms with Crippen molar-refractivity contribution in [3.63, 3.8) is 0 Å². The molecule has 0 N–H and O–H groups in total. The van der Waals surface area contributed by atoms with Crippen LogP contribution in [0.1, 0.15) is 49.2 Å². The Morgan fingerprint density at radius 2 is 1.98 bits per heavy atom. The summed E-state index contributed by atoms with van der Waals surface area (Å²) in [5, 5.41) is 16.2. The number of aromatic nitrogens is 2. The first-order valence-electron chi connectivity index (χ1n) is 12.7. The smallest absolute Gasteiger partial charge is 0.282 e. The van der Waals surface area contributed by atoms with Crippen molar-refractivity contribution in [1.82, 2.24) is 9.66 Å². The molecule has 1 heterocycles. The summed E-state index contributed by atoms with van der Waals surface area (Å²) in [5.41, 5.74) is 2.49. The van der Waals surface area contributed by atoms with Crippen LogP contribution in [-0.4, -0.2) is 27.4 Å². The van der Waals surface area contributed by atoms with Crippen LogP contribution in [0.3, 0.4) is 0 Å². The number of rotatable bonds is 11. The number of halogens is 1. The summed E-state index contributed by atoms with van der Waals surface area (Å²) in [7, 11) is 0. The maximum atomic E-state index is 13.4. The first-order valence-corrected chi connectivity index (χ1v) is 13.5. The average molecular weight is 605 g/mol. The van der Waals surface area contributed by atoms with Crippen molar-refractivity contribution in [2.75, 3.05) is 6.61 Å². The number of fused-ring (bicyclic) bond motifs is 1. The topological polar surface area (TPSA) is 109 Å². The number of nitro groups is 1. The molecule has 0 fully saturated rings. The molecule has 0 aliphatic carbocycles. The monoisotopic (exact) mass is 604 g/mol. The molecular formula is C30H29BrN4O5. The molecule has 0 aliphatic rings. The van der Waals surface area contributed by atoms with Gasteiger partial charge in [-0.25, -0.2) is 4.98 Å². The van der Waals surface area contributed by atoms with Crippen molar-refractivity contribution in [3.05, 3.63) is 115 Å². The molecule has 4 rings (SSSR count). The van der Waals surface area contributed by atoms with Gasteiger partial charge in [-0.05, 0) is 54.8 Å². The van der Waals surface area contributed by atoms with E-state index in [0.29, 0.717) is 52.4 Å². The molecule has 4 aromatic rings. The third kappa shape index (κ3) is 6.45. The maximum Gasteiger partial charge on any atom is 0.282 e. The first-order chi connectivity index (χ1) is 19.2. The highest BCUT2D eigenvalue weighted by atomic mass is 79.9. The van der Waals surface area contributed by atoms with E-state index in [1.54, 1.807) is 36.6 Å². The van der Waals surface area contributed by atoms with Crippen molar-refractivity contribution in [3.8, 4) is 11.5 Å². The van der Waals surface area contributed by atoms with Crippen molar-refractivity contribution < 1.29 is 14.4 Å². The Labute approximate surface area is 240 Å². The number of non-ortho nitro benzene ring substituents is 1. The van der Waals surface area contributed by atoms with Gasteiger partial charge in [0.25, 0.3) is 11.2 Å². The Morgan fingerprint density at radius 1 is 1.18 bits per heavy atom. The molecule has 0 spiro atoms. The molecule has 10 heteroatoms. The van der Waals surface area contributed by atoms with Crippen molar-refractivity contribution in [1.29, 1.82) is 0 Å². The van der Waals surface area contributed by atoms with E-state index in [0.717, 1.165) is 10.0 Å². The van der Waals surface area contributed by atoms with E-state index in [1.807, 2.05) is 39.0 Å². The summed E-state index contributed by atoms with van der Waals surface area (Å²) in [4.78, 5) is 28.8. The van der Waals surface area contributed by atoms with Gasteiger partial charge in [-0.2, -0.15) is 9.78 Å². The summed E-state index contributed by atoms with van der Waals surface area (Å²) in [6.07, 6.45) is 3.83. The lowest BCUT2D eigenvalue weighted by Crippen LogP contribution is -2.23. The summed E-state index contributed by atoms with van der Waals surface area (Å²) < 4.78 is 14.2. The second-order valence-electron chi connectivity index (χ2n) is 9.30. The lowest BCUT2D eigenvalue weighted by atomic mass is 10.1. The summed E-state index contributed by atoms with van der Waals surface area (Å²) >= 11 is 3.43. The van der Waals surface area contributed by atoms with Gasteiger partial charge in [0, 0.05) is 28.1 Å². The van der Waals surface area contributed by atoms with Crippen molar-refractivity contribution in [2.45, 2.75) is 39.7 Å². The highest BCUT2D eigenvalue weighted by molar-refractivity contribution is 9.10. The normalized spacial score (nSPS) is 11.3. The van der Waals surface area contributed by atoms with E-state index in [1.165, 1.54) is 16.8 Å². The Morgan fingerprint density at radius 3 is 2.67 bits per heavy atom. The SMILES string of the molecule is C=CCc1cc(C=Nn2c(C(C)C)nc3ccc(Br)cc3c2=O)cc(OCC)c1OCc1cccc([N+](=O)[O-])c1. The minimum atomic E-state index is -0.438. The molecule has 9 nitrogen and oxygen atoms in total. The van der Waals surface area contributed by atoms with E-state index < -0.39 is 4.92 Å². The molecule has 0 saturated heterocycles. The quantitative estimate of drug-likeness (QED) is 0.0807. The number of ether oxygens (including phenoxy) is 2. The van der Waals surface area contributed by atoms with Gasteiger partial charge in [0.1, 0.15) is 12.4 Å². The fourth-order valence-corrected chi connectivity index (χ4v) is 4.54. The van der Waals surface area contributed by atoms with E-state index >= 15 is 0 Å². The van der Waals surface area contributed by atoms with Gasteiger partial charge in [0.05, 0.1) is 28.6 Å². The molecule has 0 amide bonds. The highest BCUT2D eigenvalue weighted by Gasteiger charge is 2.16. The first kappa shape index (κ1) is 28.7. The van der Waals surface area contributed by atoms with Crippen LogP contribution in [0.15, 0.2) is 81.6 Å². The van der Waals surface area contributed by atoms with Gasteiger partial charge < -0.3 is 9.47 Å². The minimum Gasteiger partial charge on any atom is -0.490 e. The Bertz CT molecular complexity index is 1660. The third-order valence-electron chi connectivity index (χ3n) is 5.99. The fraction of sp³-hybridized carbons (Fsp3) is 0.233. The summed E-state index contributed by atoms with van der Waals surface area (Å²) in [6.45, 7) is 10.2. The van der Waals surface area contributed by atoms with E-state index in [2.05, 4.69) is 27.6 Å². The highest BCUT2D eigenvalue weighted by Crippen LogP contribution is 2.34. The number of hydrogen-bond donors (Lipinski definition) is 0. The van der Waals surface area contributed by atoms with E-state index in [4.69, 9.17) is 14.5 Å². The van der Waals surface area contributed by atoms with Crippen molar-refractivity contribution in [2.24, 2.45) is 5.10 Å². The van der Waals surface area contributed by atoms with Gasteiger partial charge in [0.15, 0.2) is 11.5 Å². The van der Waals surface area contributed by atoms with Crippen LogP contribution in [0, 0.1) is 10.1 Å². The van der Waals surface area contributed by atoms with Crippen LogP contribution >= 0.6 is 15.9 Å². The Hall–Kier alpha value is -4.31. The number of nitrogens with zero attached hydrogens (tertiary/aromatic N) is 4. The number of hydrogen-bond acceptors (Lipinski definition) is 7. The number of benzene rings is 3. The predicted octanol–water partition coefficient (Wildman–Crippen LogP) is 6.78. The number of allylic oxidation sites excluding steroid dienone is 1. The van der Waals surface area contributed by atoms with Crippen LogP contribution in [0.4, 0.5) is 5.69 Å². The molecule has 0 aliphatic heterocycles. The molecule has 206 valence electrons. The van der Waals surface area contributed by atoms with Gasteiger partial charge in [-0.1, -0.05) is 48.0 Å². The van der Waals surface area contributed by atoms with Gasteiger partial charge >= 0.3 is 0 Å². The third-order valence-corrected chi connectivity index (χ3v) is 6.49. The van der Waals surface area contributed by atoms with Gasteiger partial charge in [-0.3, -0.25) is 14.9 Å². The van der Waals surface area contributed by atoms with Crippen LogP contribution in [0.25, 0.3) is 10.9 Å². The molecule has 1 aromatic heterocycles. The van der Waals surface area contributed by atoms with Gasteiger partial charge in [0.2, 0.25) is 0 Å². The average Bonchev–Trinajstić information content (AvgIpc) is 2.92. The fourth-order valence-electron chi connectivity index (χ4n) is 4.18. The molecular weight excluding hydrogens is 576 g/mol. The summed E-state index contributed by atoms with van der Waals surface area (Å²) in [6, 6.07) is 15.4. The van der Waals surface area contributed by atoms with Crippen LogP contribution in [0.2, 0.25) is 0 Å². The van der Waals surface area contributed by atoms with E-state index in [9.17, 15) is 14.9 Å². The van der Waals surface area contributed by atoms with Crippen LogP contribution in [-0.2, 0) is 13.0 Å². The molecule has 0 unspecified atom stereocenters. The second-order valence-corrected chi connectivity index (χ2v) is 10.2. The van der Waals surface area contributed by atoms with Crippen LogP contribution < -0.4 is 15.0 Å². The zero-order valence-electron chi connectivity index (χ0n) is 22.5. The minimum absolute atomic E-state index is 0.00412.